The highest BCUT2D eigenvalue weighted by Crippen LogP contribution is 2.26. The van der Waals surface area contributed by atoms with E-state index in [0.29, 0.717) is 12.0 Å². The number of amidine groups is 1. The molecule has 2 aliphatic rings. The van der Waals surface area contributed by atoms with Gasteiger partial charge in [-0.05, 0) is 24.3 Å². The van der Waals surface area contributed by atoms with Crippen molar-refractivity contribution in [3.8, 4) is 0 Å². The van der Waals surface area contributed by atoms with E-state index in [4.69, 9.17) is 9.73 Å². The summed E-state index contributed by atoms with van der Waals surface area (Å²) in [5.74, 6) is 1.79. The van der Waals surface area contributed by atoms with Crippen LogP contribution in [0.15, 0.2) is 35.3 Å². The van der Waals surface area contributed by atoms with Crippen molar-refractivity contribution in [1.29, 1.82) is 0 Å². The molecule has 2 aliphatic heterocycles. The molecule has 2 fully saturated rings. The van der Waals surface area contributed by atoms with E-state index in [1.54, 1.807) is 0 Å². The van der Waals surface area contributed by atoms with Crippen molar-refractivity contribution < 1.29 is 4.74 Å². The minimum Gasteiger partial charge on any atom is -0.381 e. The summed E-state index contributed by atoms with van der Waals surface area (Å²) in [7, 11) is 0. The number of rotatable bonds is 3. The number of hydrogen-bond acceptors (Lipinski definition) is 3. The van der Waals surface area contributed by atoms with E-state index < -0.39 is 0 Å². The van der Waals surface area contributed by atoms with E-state index >= 15 is 0 Å². The molecule has 3 rings (SSSR count). The SMILES string of the molecule is c1ccc(C2CSC(=NCC3CCOCC3)N2)cc1. The zero-order chi connectivity index (χ0) is 12.9. The van der Waals surface area contributed by atoms with Crippen LogP contribution in [0, 0.1) is 5.92 Å². The zero-order valence-electron chi connectivity index (χ0n) is 11.0. The number of benzene rings is 1. The summed E-state index contributed by atoms with van der Waals surface area (Å²) < 4.78 is 5.38. The molecule has 0 aromatic heterocycles. The molecule has 0 aliphatic carbocycles. The quantitative estimate of drug-likeness (QED) is 0.921. The van der Waals surface area contributed by atoms with E-state index in [0.717, 1.165) is 43.5 Å². The molecular formula is C15H20N2OS. The molecule has 0 bridgehead atoms. The van der Waals surface area contributed by atoms with Crippen molar-refractivity contribution in [1.82, 2.24) is 5.32 Å². The monoisotopic (exact) mass is 276 g/mol. The summed E-state index contributed by atoms with van der Waals surface area (Å²) >= 11 is 1.84. The number of ether oxygens (including phenoxy) is 1. The molecule has 2 saturated heterocycles. The van der Waals surface area contributed by atoms with Crippen LogP contribution < -0.4 is 5.32 Å². The number of thioether (sulfide) groups is 1. The molecule has 102 valence electrons. The summed E-state index contributed by atoms with van der Waals surface area (Å²) in [5.41, 5.74) is 1.35. The van der Waals surface area contributed by atoms with Gasteiger partial charge in [0.05, 0.1) is 6.04 Å². The third-order valence-corrected chi connectivity index (χ3v) is 4.74. The van der Waals surface area contributed by atoms with Crippen LogP contribution in [0.3, 0.4) is 0 Å². The maximum absolute atomic E-state index is 5.38. The molecule has 3 nitrogen and oxygen atoms in total. The average molecular weight is 276 g/mol. The maximum atomic E-state index is 5.38. The van der Waals surface area contributed by atoms with Gasteiger partial charge in [0.2, 0.25) is 0 Å². The lowest BCUT2D eigenvalue weighted by molar-refractivity contribution is 0.0689. The second-order valence-electron chi connectivity index (χ2n) is 5.12. The highest BCUT2D eigenvalue weighted by Gasteiger charge is 2.22. The van der Waals surface area contributed by atoms with Crippen LogP contribution in [-0.4, -0.2) is 30.7 Å². The van der Waals surface area contributed by atoms with Crippen molar-refractivity contribution in [2.24, 2.45) is 10.9 Å². The van der Waals surface area contributed by atoms with Gasteiger partial charge in [0.1, 0.15) is 0 Å². The Bertz CT molecular complexity index is 429. The zero-order valence-corrected chi connectivity index (χ0v) is 11.9. The topological polar surface area (TPSA) is 33.6 Å². The van der Waals surface area contributed by atoms with E-state index in [9.17, 15) is 0 Å². The number of nitrogens with one attached hydrogen (secondary N) is 1. The first-order valence-corrected chi connectivity index (χ1v) is 7.97. The highest BCUT2D eigenvalue weighted by atomic mass is 32.2. The Morgan fingerprint density at radius 1 is 1.21 bits per heavy atom. The molecule has 1 aromatic carbocycles. The minimum atomic E-state index is 0.416. The summed E-state index contributed by atoms with van der Waals surface area (Å²) in [6, 6.07) is 11.0. The predicted octanol–water partition coefficient (Wildman–Crippen LogP) is 2.85. The number of aliphatic imine (C=N–C) groups is 1. The molecule has 1 N–H and O–H groups in total. The Labute approximate surface area is 118 Å². The highest BCUT2D eigenvalue weighted by molar-refractivity contribution is 8.14. The largest absolute Gasteiger partial charge is 0.381 e. The smallest absolute Gasteiger partial charge is 0.157 e. The molecule has 0 radical (unpaired) electrons. The third kappa shape index (κ3) is 3.51. The van der Waals surface area contributed by atoms with Gasteiger partial charge in [-0.3, -0.25) is 4.99 Å². The van der Waals surface area contributed by atoms with Gasteiger partial charge in [-0.25, -0.2) is 0 Å². The van der Waals surface area contributed by atoms with Crippen LogP contribution in [0.1, 0.15) is 24.4 Å². The van der Waals surface area contributed by atoms with Crippen molar-refractivity contribution in [3.63, 3.8) is 0 Å². The Morgan fingerprint density at radius 2 is 2.00 bits per heavy atom. The molecule has 19 heavy (non-hydrogen) atoms. The molecule has 0 spiro atoms. The molecule has 0 saturated carbocycles. The summed E-state index contributed by atoms with van der Waals surface area (Å²) in [6.45, 7) is 2.76. The van der Waals surface area contributed by atoms with Crippen LogP contribution in [0.25, 0.3) is 0 Å². The summed E-state index contributed by atoms with van der Waals surface area (Å²) in [5, 5.41) is 4.64. The Morgan fingerprint density at radius 3 is 2.79 bits per heavy atom. The molecule has 2 heterocycles. The fraction of sp³-hybridized carbons (Fsp3) is 0.533. The molecule has 4 heteroatoms. The van der Waals surface area contributed by atoms with E-state index in [2.05, 4.69) is 35.6 Å². The lowest BCUT2D eigenvalue weighted by Crippen LogP contribution is -2.22. The van der Waals surface area contributed by atoms with E-state index in [-0.39, 0.29) is 0 Å². The molecule has 0 amide bonds. The Hall–Kier alpha value is -1.00. The van der Waals surface area contributed by atoms with Crippen molar-refractivity contribution in [3.05, 3.63) is 35.9 Å². The minimum absolute atomic E-state index is 0.416. The lowest BCUT2D eigenvalue weighted by Gasteiger charge is -2.20. The lowest BCUT2D eigenvalue weighted by atomic mass is 10.0. The first-order valence-electron chi connectivity index (χ1n) is 6.98. The number of nitrogens with zero attached hydrogens (tertiary/aromatic N) is 1. The summed E-state index contributed by atoms with van der Waals surface area (Å²) in [6.07, 6.45) is 2.31. The van der Waals surface area contributed by atoms with Gasteiger partial charge in [-0.1, -0.05) is 42.1 Å². The fourth-order valence-electron chi connectivity index (χ4n) is 2.49. The second-order valence-corrected chi connectivity index (χ2v) is 6.13. The first-order chi connectivity index (χ1) is 9.42. The van der Waals surface area contributed by atoms with E-state index in [1.807, 2.05) is 11.8 Å². The molecule has 1 atom stereocenters. The van der Waals surface area contributed by atoms with Gasteiger partial charge in [0.25, 0.3) is 0 Å². The first kappa shape index (κ1) is 13.0. The molecule has 1 unspecified atom stereocenters. The Balaban J connectivity index is 1.53. The van der Waals surface area contributed by atoms with E-state index in [1.165, 1.54) is 5.56 Å². The molecule has 1 aromatic rings. The van der Waals surface area contributed by atoms with Gasteiger partial charge in [0.15, 0.2) is 5.17 Å². The van der Waals surface area contributed by atoms with Crippen LogP contribution >= 0.6 is 11.8 Å². The van der Waals surface area contributed by atoms with Gasteiger partial charge < -0.3 is 10.1 Å². The normalized spacial score (nSPS) is 26.5. The van der Waals surface area contributed by atoms with Crippen LogP contribution in [0.2, 0.25) is 0 Å². The van der Waals surface area contributed by atoms with Gasteiger partial charge >= 0.3 is 0 Å². The van der Waals surface area contributed by atoms with Gasteiger partial charge in [-0.15, -0.1) is 0 Å². The second kappa shape index (κ2) is 6.44. The standard InChI is InChI=1S/C15H20N2OS/c1-2-4-13(5-3-1)14-11-19-15(17-14)16-10-12-6-8-18-9-7-12/h1-5,12,14H,6-11H2,(H,16,17). The van der Waals surface area contributed by atoms with Crippen molar-refractivity contribution in [2.45, 2.75) is 18.9 Å². The maximum Gasteiger partial charge on any atom is 0.157 e. The fourth-order valence-corrected chi connectivity index (χ4v) is 3.48. The van der Waals surface area contributed by atoms with Crippen molar-refractivity contribution >= 4 is 16.9 Å². The molecular weight excluding hydrogens is 256 g/mol. The third-order valence-electron chi connectivity index (χ3n) is 3.72. The van der Waals surface area contributed by atoms with Crippen LogP contribution in [0.5, 0.6) is 0 Å². The van der Waals surface area contributed by atoms with Gasteiger partial charge in [0, 0.05) is 25.5 Å². The van der Waals surface area contributed by atoms with Crippen molar-refractivity contribution in [2.75, 3.05) is 25.5 Å². The van der Waals surface area contributed by atoms with Crippen LogP contribution in [-0.2, 0) is 4.74 Å². The average Bonchev–Trinajstić information content (AvgIpc) is 2.96. The van der Waals surface area contributed by atoms with Gasteiger partial charge in [-0.2, -0.15) is 0 Å². The predicted molar refractivity (Wildman–Crippen MR) is 80.6 cm³/mol. The number of hydrogen-bond donors (Lipinski definition) is 1. The summed E-state index contributed by atoms with van der Waals surface area (Å²) in [4.78, 5) is 4.74. The Kier molecular flexibility index (Phi) is 4.41. The van der Waals surface area contributed by atoms with Crippen LogP contribution in [0.4, 0.5) is 0 Å².